The lowest BCUT2D eigenvalue weighted by molar-refractivity contribution is -0.162. The number of alkyl halides is 6. The summed E-state index contributed by atoms with van der Waals surface area (Å²) in [5.41, 5.74) is -0.929. The van der Waals surface area contributed by atoms with Gasteiger partial charge in [0.1, 0.15) is 35.3 Å². The van der Waals surface area contributed by atoms with Crippen LogP contribution in [0.2, 0.25) is 0 Å². The predicted octanol–water partition coefficient (Wildman–Crippen LogP) is 5.26. The predicted molar refractivity (Wildman–Crippen MR) is 147 cm³/mol. The zero-order valence-electron chi connectivity index (χ0n) is 23.8. The largest absolute Gasteiger partial charge is 0.474 e. The van der Waals surface area contributed by atoms with Gasteiger partial charge in [-0.3, -0.25) is 9.78 Å². The molecule has 16 heteroatoms. The number of piperidine rings is 1. The molecule has 0 spiro atoms. The van der Waals surface area contributed by atoms with E-state index in [-0.39, 0.29) is 35.0 Å². The third-order valence-corrected chi connectivity index (χ3v) is 7.86. The second-order valence-electron chi connectivity index (χ2n) is 11.1. The first-order valence-corrected chi connectivity index (χ1v) is 14.1. The van der Waals surface area contributed by atoms with Gasteiger partial charge in [-0.1, -0.05) is 0 Å². The van der Waals surface area contributed by atoms with E-state index in [4.69, 9.17) is 9.47 Å². The number of aromatic amines is 1. The number of fused-ring (bicyclic) bond motifs is 2. The number of rotatable bonds is 6. The second kappa shape index (κ2) is 11.8. The summed E-state index contributed by atoms with van der Waals surface area (Å²) in [4.78, 5) is 35.2. The van der Waals surface area contributed by atoms with Crippen LogP contribution in [0.1, 0.15) is 41.1 Å². The van der Waals surface area contributed by atoms with Gasteiger partial charge in [-0.05, 0) is 49.2 Å². The number of nitrogens with zero attached hydrogens (tertiary/aromatic N) is 6. The van der Waals surface area contributed by atoms with Crippen molar-refractivity contribution in [2.24, 2.45) is 0 Å². The maximum absolute atomic E-state index is 14.1. The van der Waals surface area contributed by atoms with Crippen molar-refractivity contribution in [2.75, 3.05) is 26.7 Å². The number of ether oxygens (including phenoxy) is 2. The highest BCUT2D eigenvalue weighted by Gasteiger charge is 2.47. The maximum atomic E-state index is 14.1. The molecule has 45 heavy (non-hydrogen) atoms. The molecule has 1 N–H and O–H groups in total. The summed E-state index contributed by atoms with van der Waals surface area (Å²) >= 11 is 0. The summed E-state index contributed by atoms with van der Waals surface area (Å²) in [6.45, 7) is 0.328. The lowest BCUT2D eigenvalue weighted by atomic mass is 9.93. The quantitative estimate of drug-likeness (QED) is 0.286. The molecule has 2 aliphatic heterocycles. The third-order valence-electron chi connectivity index (χ3n) is 7.86. The van der Waals surface area contributed by atoms with Crippen molar-refractivity contribution in [1.29, 1.82) is 0 Å². The number of hydrogen-bond acceptors (Lipinski definition) is 8. The van der Waals surface area contributed by atoms with Crippen LogP contribution in [0.15, 0.2) is 43.1 Å². The number of nitrogens with one attached hydrogen (secondary N) is 1. The standard InChI is InChI=1S/C29H27F6N7O3/c1-41-6-3-18(4-7-41)44-27-21(28(30,31)32)8-16(11-38-27)9-23(43)42-13-17-10-19(12-37-24(17)22(14-42)29(33,34)35)45-26-20-2-5-36-25(20)39-15-40-26/h2,5,8,10-12,15,18,22H,3-4,6-7,9,13-14H2,1H3,(H,36,39,40). The van der Waals surface area contributed by atoms with Gasteiger partial charge in [0.15, 0.2) is 0 Å². The minimum Gasteiger partial charge on any atom is -0.474 e. The summed E-state index contributed by atoms with van der Waals surface area (Å²) in [6, 6.07) is 3.79. The highest BCUT2D eigenvalue weighted by molar-refractivity contribution is 5.81. The normalized spacial score (nSPS) is 18.2. The van der Waals surface area contributed by atoms with E-state index < -0.39 is 54.7 Å². The lowest BCUT2D eigenvalue weighted by Crippen LogP contribution is -2.43. The molecule has 0 aliphatic carbocycles. The van der Waals surface area contributed by atoms with Gasteiger partial charge in [0, 0.05) is 38.6 Å². The van der Waals surface area contributed by atoms with Crippen LogP contribution in [0.3, 0.4) is 0 Å². The van der Waals surface area contributed by atoms with E-state index in [2.05, 4.69) is 24.9 Å². The fourth-order valence-corrected chi connectivity index (χ4v) is 5.50. The monoisotopic (exact) mass is 635 g/mol. The van der Waals surface area contributed by atoms with Gasteiger partial charge in [0.05, 0.1) is 23.7 Å². The zero-order chi connectivity index (χ0) is 31.9. The van der Waals surface area contributed by atoms with Crippen LogP contribution in [0.25, 0.3) is 11.0 Å². The van der Waals surface area contributed by atoms with Gasteiger partial charge in [0.2, 0.25) is 17.7 Å². The Balaban J connectivity index is 1.22. The Labute approximate surface area is 252 Å². The summed E-state index contributed by atoms with van der Waals surface area (Å²) in [6.07, 6.45) is -4.43. The molecular weight excluding hydrogens is 608 g/mol. The minimum absolute atomic E-state index is 0.0874. The number of carbonyl (C=O) groups is 1. The number of halogens is 6. The van der Waals surface area contributed by atoms with Crippen molar-refractivity contribution in [3.8, 4) is 17.5 Å². The first-order chi connectivity index (χ1) is 21.3. The molecule has 1 amide bonds. The van der Waals surface area contributed by atoms with E-state index in [1.54, 1.807) is 12.3 Å². The Hall–Kier alpha value is -4.47. The molecule has 1 saturated heterocycles. The van der Waals surface area contributed by atoms with E-state index in [9.17, 15) is 31.1 Å². The average molecular weight is 636 g/mol. The minimum atomic E-state index is -4.82. The van der Waals surface area contributed by atoms with Gasteiger partial charge < -0.3 is 24.3 Å². The third kappa shape index (κ3) is 6.65. The summed E-state index contributed by atoms with van der Waals surface area (Å²) in [7, 11) is 1.91. The van der Waals surface area contributed by atoms with E-state index in [0.717, 1.165) is 23.4 Å². The topological polar surface area (TPSA) is 109 Å². The average Bonchev–Trinajstić information content (AvgIpc) is 3.47. The number of carbonyl (C=O) groups excluding carboxylic acids is 1. The van der Waals surface area contributed by atoms with E-state index >= 15 is 0 Å². The van der Waals surface area contributed by atoms with Crippen molar-refractivity contribution in [1.82, 2.24) is 34.7 Å². The SMILES string of the molecule is CN1CCC(Oc2ncc(CC(=O)N3Cc4cc(Oc5ncnc6[nH]ccc56)cnc4C(C(F)(F)F)C3)cc2C(F)(F)F)CC1. The molecule has 0 radical (unpaired) electrons. The Bertz CT molecular complexity index is 1700. The van der Waals surface area contributed by atoms with E-state index in [0.29, 0.717) is 37.0 Å². The van der Waals surface area contributed by atoms with E-state index in [1.807, 2.05) is 11.9 Å². The Kier molecular flexibility index (Phi) is 8.01. The molecule has 0 aromatic carbocycles. The molecule has 1 unspecified atom stereocenters. The van der Waals surface area contributed by atoms with Gasteiger partial charge in [-0.2, -0.15) is 26.3 Å². The zero-order valence-corrected chi connectivity index (χ0v) is 23.8. The maximum Gasteiger partial charge on any atom is 0.421 e. The molecule has 1 fully saturated rings. The smallest absolute Gasteiger partial charge is 0.421 e. The van der Waals surface area contributed by atoms with Crippen molar-refractivity contribution in [3.63, 3.8) is 0 Å². The van der Waals surface area contributed by atoms with Gasteiger partial charge in [-0.25, -0.2) is 15.0 Å². The van der Waals surface area contributed by atoms with Crippen LogP contribution in [0.5, 0.6) is 17.5 Å². The number of hydrogen-bond donors (Lipinski definition) is 1. The number of pyridine rings is 2. The van der Waals surface area contributed by atoms with Gasteiger partial charge >= 0.3 is 12.4 Å². The van der Waals surface area contributed by atoms with Crippen molar-refractivity contribution in [2.45, 2.75) is 50.2 Å². The lowest BCUT2D eigenvalue weighted by Gasteiger charge is -2.35. The van der Waals surface area contributed by atoms with E-state index in [1.165, 1.54) is 12.4 Å². The highest BCUT2D eigenvalue weighted by atomic mass is 19.4. The van der Waals surface area contributed by atoms with Gasteiger partial charge in [0.25, 0.3) is 0 Å². The van der Waals surface area contributed by atoms with Crippen LogP contribution in [-0.2, 0) is 23.9 Å². The van der Waals surface area contributed by atoms with Crippen LogP contribution >= 0.6 is 0 Å². The van der Waals surface area contributed by atoms with Gasteiger partial charge in [-0.15, -0.1) is 0 Å². The number of aromatic nitrogens is 5. The van der Waals surface area contributed by atoms with Crippen molar-refractivity contribution in [3.05, 3.63) is 65.5 Å². The van der Waals surface area contributed by atoms with Crippen LogP contribution in [0.4, 0.5) is 26.3 Å². The Morgan fingerprint density at radius 2 is 1.80 bits per heavy atom. The molecule has 6 heterocycles. The second-order valence-corrected chi connectivity index (χ2v) is 11.1. The molecule has 4 aromatic rings. The Morgan fingerprint density at radius 3 is 2.53 bits per heavy atom. The first-order valence-electron chi connectivity index (χ1n) is 14.1. The summed E-state index contributed by atoms with van der Waals surface area (Å²) < 4.78 is 95.7. The summed E-state index contributed by atoms with van der Waals surface area (Å²) in [5.74, 6) is -3.26. The molecule has 0 saturated carbocycles. The van der Waals surface area contributed by atoms with Crippen molar-refractivity contribution >= 4 is 16.9 Å². The molecule has 10 nitrogen and oxygen atoms in total. The molecule has 0 bridgehead atoms. The summed E-state index contributed by atoms with van der Waals surface area (Å²) in [5, 5.41) is 0.537. The first kappa shape index (κ1) is 30.6. The highest BCUT2D eigenvalue weighted by Crippen LogP contribution is 2.41. The fourth-order valence-electron chi connectivity index (χ4n) is 5.50. The van der Waals surface area contributed by atoms with Crippen LogP contribution < -0.4 is 9.47 Å². The molecule has 2 aliphatic rings. The number of amides is 1. The number of H-pyrrole nitrogens is 1. The number of likely N-dealkylation sites (tertiary alicyclic amines) is 1. The molecule has 1 atom stereocenters. The Morgan fingerprint density at radius 1 is 1.02 bits per heavy atom. The molecule has 6 rings (SSSR count). The van der Waals surface area contributed by atoms with Crippen LogP contribution in [-0.4, -0.2) is 79.6 Å². The molecule has 238 valence electrons. The van der Waals surface area contributed by atoms with Crippen molar-refractivity contribution < 1.29 is 40.6 Å². The molecular formula is C29H27F6N7O3. The van der Waals surface area contributed by atoms with Crippen LogP contribution in [0, 0.1) is 0 Å². The fraction of sp³-hybridized carbons (Fsp3) is 0.414. The molecule has 4 aromatic heterocycles.